The number of amides is 1. The lowest BCUT2D eigenvalue weighted by atomic mass is 10.2. The molecule has 0 aliphatic carbocycles. The van der Waals surface area contributed by atoms with E-state index in [1.807, 2.05) is 50.2 Å². The highest BCUT2D eigenvalue weighted by Gasteiger charge is 2.17. The molecular weight excluding hydrogens is 410 g/mol. The van der Waals surface area contributed by atoms with Crippen LogP contribution in [0, 0.1) is 13.8 Å². The molecule has 0 fully saturated rings. The minimum atomic E-state index is -0.604. The average molecular weight is 427 g/mol. The molecule has 2 rings (SSSR count). The third kappa shape index (κ3) is 4.34. The SMILES string of the molecule is Cc1ccc(NC(=O)C(C)Oc2ccc(C)cc2Br)c(Br)c1. The van der Waals surface area contributed by atoms with E-state index in [1.165, 1.54) is 0 Å². The van der Waals surface area contributed by atoms with Gasteiger partial charge in [0.1, 0.15) is 5.75 Å². The fourth-order valence-electron chi connectivity index (χ4n) is 1.90. The molecule has 1 unspecified atom stereocenters. The maximum atomic E-state index is 12.3. The summed E-state index contributed by atoms with van der Waals surface area (Å²) in [5.41, 5.74) is 2.98. The summed E-state index contributed by atoms with van der Waals surface area (Å²) >= 11 is 6.90. The Balaban J connectivity index is 2.05. The Bertz CT molecular complexity index is 701. The van der Waals surface area contributed by atoms with Crippen LogP contribution in [0.3, 0.4) is 0 Å². The number of hydrogen-bond acceptors (Lipinski definition) is 2. The number of halogens is 2. The lowest BCUT2D eigenvalue weighted by molar-refractivity contribution is -0.122. The molecule has 2 aromatic carbocycles. The van der Waals surface area contributed by atoms with E-state index in [-0.39, 0.29) is 5.91 Å². The Morgan fingerprint density at radius 1 is 1.05 bits per heavy atom. The van der Waals surface area contributed by atoms with Crippen LogP contribution in [0.2, 0.25) is 0 Å². The molecule has 0 bridgehead atoms. The molecule has 3 nitrogen and oxygen atoms in total. The first-order chi connectivity index (χ1) is 10.4. The Morgan fingerprint density at radius 2 is 1.64 bits per heavy atom. The second-order valence-corrected chi connectivity index (χ2v) is 6.88. The fraction of sp³-hybridized carbons (Fsp3) is 0.235. The van der Waals surface area contributed by atoms with Gasteiger partial charge in [0.2, 0.25) is 0 Å². The van der Waals surface area contributed by atoms with E-state index < -0.39 is 6.10 Å². The van der Waals surface area contributed by atoms with Gasteiger partial charge in [-0.25, -0.2) is 0 Å². The minimum absolute atomic E-state index is 0.197. The van der Waals surface area contributed by atoms with E-state index in [0.29, 0.717) is 5.75 Å². The number of nitrogens with one attached hydrogen (secondary N) is 1. The first-order valence-electron chi connectivity index (χ1n) is 6.86. The summed E-state index contributed by atoms with van der Waals surface area (Å²) in [4.78, 5) is 12.3. The normalized spacial score (nSPS) is 11.9. The van der Waals surface area contributed by atoms with Gasteiger partial charge in [-0.1, -0.05) is 12.1 Å². The quantitative estimate of drug-likeness (QED) is 0.726. The second-order valence-electron chi connectivity index (χ2n) is 5.17. The van der Waals surface area contributed by atoms with Crippen molar-refractivity contribution >= 4 is 43.5 Å². The van der Waals surface area contributed by atoms with Crippen LogP contribution in [-0.4, -0.2) is 12.0 Å². The lowest BCUT2D eigenvalue weighted by Crippen LogP contribution is -2.30. The van der Waals surface area contributed by atoms with Crippen molar-refractivity contribution < 1.29 is 9.53 Å². The molecule has 0 aliphatic heterocycles. The zero-order valence-electron chi connectivity index (χ0n) is 12.6. The van der Waals surface area contributed by atoms with Crippen molar-refractivity contribution in [2.75, 3.05) is 5.32 Å². The van der Waals surface area contributed by atoms with Crippen molar-refractivity contribution in [3.8, 4) is 5.75 Å². The number of benzene rings is 2. The zero-order chi connectivity index (χ0) is 16.3. The van der Waals surface area contributed by atoms with Crippen molar-refractivity contribution in [1.82, 2.24) is 0 Å². The van der Waals surface area contributed by atoms with Gasteiger partial charge in [0.15, 0.2) is 6.10 Å². The van der Waals surface area contributed by atoms with Crippen LogP contribution < -0.4 is 10.1 Å². The minimum Gasteiger partial charge on any atom is -0.480 e. The molecule has 1 N–H and O–H groups in total. The molecule has 22 heavy (non-hydrogen) atoms. The van der Waals surface area contributed by atoms with E-state index in [4.69, 9.17) is 4.74 Å². The Labute approximate surface area is 147 Å². The number of hydrogen-bond donors (Lipinski definition) is 1. The average Bonchev–Trinajstić information content (AvgIpc) is 2.44. The topological polar surface area (TPSA) is 38.3 Å². The highest BCUT2D eigenvalue weighted by Crippen LogP contribution is 2.27. The van der Waals surface area contributed by atoms with Crippen molar-refractivity contribution in [3.63, 3.8) is 0 Å². The third-order valence-electron chi connectivity index (χ3n) is 3.14. The van der Waals surface area contributed by atoms with E-state index in [0.717, 1.165) is 25.8 Å². The summed E-state index contributed by atoms with van der Waals surface area (Å²) in [7, 11) is 0. The van der Waals surface area contributed by atoms with Gasteiger partial charge in [0.25, 0.3) is 5.91 Å². The molecular formula is C17H17Br2NO2. The largest absolute Gasteiger partial charge is 0.480 e. The van der Waals surface area contributed by atoms with Gasteiger partial charge in [-0.2, -0.15) is 0 Å². The van der Waals surface area contributed by atoms with Crippen molar-refractivity contribution in [3.05, 3.63) is 56.5 Å². The van der Waals surface area contributed by atoms with E-state index in [1.54, 1.807) is 6.92 Å². The molecule has 1 amide bonds. The van der Waals surface area contributed by atoms with Crippen molar-refractivity contribution in [2.45, 2.75) is 26.9 Å². The molecule has 2 aromatic rings. The van der Waals surface area contributed by atoms with E-state index >= 15 is 0 Å². The van der Waals surface area contributed by atoms with Gasteiger partial charge in [-0.05, 0) is 88.0 Å². The van der Waals surface area contributed by atoms with Crippen LogP contribution in [0.4, 0.5) is 5.69 Å². The number of rotatable bonds is 4. The summed E-state index contributed by atoms with van der Waals surface area (Å²) in [5.74, 6) is 0.452. The first kappa shape index (κ1) is 17.0. The summed E-state index contributed by atoms with van der Waals surface area (Å²) in [6, 6.07) is 11.5. The molecule has 0 saturated carbocycles. The smallest absolute Gasteiger partial charge is 0.265 e. The maximum absolute atomic E-state index is 12.3. The van der Waals surface area contributed by atoms with Crippen LogP contribution in [0.1, 0.15) is 18.1 Å². The summed E-state index contributed by atoms with van der Waals surface area (Å²) in [5, 5.41) is 2.86. The monoisotopic (exact) mass is 425 g/mol. The standard InChI is InChI=1S/C17H17Br2NO2/c1-10-4-6-15(13(18)8-10)20-17(21)12(3)22-16-7-5-11(2)9-14(16)19/h4-9,12H,1-3H3,(H,20,21). The number of carbonyl (C=O) groups excluding carboxylic acids is 1. The fourth-order valence-corrected chi connectivity index (χ4v) is 3.08. The number of carbonyl (C=O) groups is 1. The summed E-state index contributed by atoms with van der Waals surface area (Å²) in [6.45, 7) is 5.72. The first-order valence-corrected chi connectivity index (χ1v) is 8.45. The summed E-state index contributed by atoms with van der Waals surface area (Å²) < 4.78 is 7.41. The van der Waals surface area contributed by atoms with E-state index in [9.17, 15) is 4.79 Å². The van der Waals surface area contributed by atoms with Gasteiger partial charge in [0, 0.05) is 4.47 Å². The molecule has 0 spiro atoms. The predicted octanol–water partition coefficient (Wildman–Crippen LogP) is 5.23. The molecule has 0 saturated heterocycles. The Hall–Kier alpha value is -1.33. The second kappa shape index (κ2) is 7.29. The van der Waals surface area contributed by atoms with Gasteiger partial charge >= 0.3 is 0 Å². The van der Waals surface area contributed by atoms with Crippen LogP contribution in [0.25, 0.3) is 0 Å². The molecule has 1 atom stereocenters. The highest BCUT2D eigenvalue weighted by molar-refractivity contribution is 9.11. The van der Waals surface area contributed by atoms with Crippen molar-refractivity contribution in [2.24, 2.45) is 0 Å². The van der Waals surface area contributed by atoms with Crippen molar-refractivity contribution in [1.29, 1.82) is 0 Å². The van der Waals surface area contributed by atoms with Crippen LogP contribution in [0.15, 0.2) is 45.3 Å². The van der Waals surface area contributed by atoms with Gasteiger partial charge in [0.05, 0.1) is 10.2 Å². The molecule has 0 aromatic heterocycles. The van der Waals surface area contributed by atoms with Gasteiger partial charge in [-0.3, -0.25) is 4.79 Å². The van der Waals surface area contributed by atoms with Crippen LogP contribution in [-0.2, 0) is 4.79 Å². The molecule has 0 heterocycles. The molecule has 5 heteroatoms. The lowest BCUT2D eigenvalue weighted by Gasteiger charge is -2.16. The third-order valence-corrected chi connectivity index (χ3v) is 4.42. The predicted molar refractivity (Wildman–Crippen MR) is 96.5 cm³/mol. The zero-order valence-corrected chi connectivity index (χ0v) is 15.8. The molecule has 0 aliphatic rings. The summed E-state index contributed by atoms with van der Waals surface area (Å²) in [6.07, 6.45) is -0.604. The Morgan fingerprint density at radius 3 is 2.23 bits per heavy atom. The highest BCUT2D eigenvalue weighted by atomic mass is 79.9. The van der Waals surface area contributed by atoms with Gasteiger partial charge < -0.3 is 10.1 Å². The molecule has 116 valence electrons. The Kier molecular flexibility index (Phi) is 5.64. The van der Waals surface area contributed by atoms with Crippen LogP contribution in [0.5, 0.6) is 5.75 Å². The molecule has 0 radical (unpaired) electrons. The van der Waals surface area contributed by atoms with Gasteiger partial charge in [-0.15, -0.1) is 0 Å². The maximum Gasteiger partial charge on any atom is 0.265 e. The number of aryl methyl sites for hydroxylation is 2. The van der Waals surface area contributed by atoms with E-state index in [2.05, 4.69) is 37.2 Å². The van der Waals surface area contributed by atoms with Crippen LogP contribution >= 0.6 is 31.9 Å². The number of ether oxygens (including phenoxy) is 1. The number of anilines is 1.